The molecule has 0 amide bonds. The zero-order valence-corrected chi connectivity index (χ0v) is 16.9. The van der Waals surface area contributed by atoms with Crippen LogP contribution in [-0.4, -0.2) is 11.8 Å². The van der Waals surface area contributed by atoms with Crippen LogP contribution in [0.4, 0.5) is 0 Å². The molecular weight excluding hydrogens is 435 g/mol. The van der Waals surface area contributed by atoms with E-state index in [2.05, 4.69) is 0 Å². The number of halogens is 3. The van der Waals surface area contributed by atoms with Crippen LogP contribution in [0.25, 0.3) is 6.08 Å². The van der Waals surface area contributed by atoms with Crippen LogP contribution in [0.1, 0.15) is 26.3 Å². The average molecular weight is 446 g/mol. The highest BCUT2D eigenvalue weighted by Crippen LogP contribution is 2.35. The van der Waals surface area contributed by atoms with Crippen LogP contribution in [-0.2, 0) is 0 Å². The summed E-state index contributed by atoms with van der Waals surface area (Å²) in [5.41, 5.74) is 1.36. The van der Waals surface area contributed by atoms with Gasteiger partial charge < -0.3 is 9.47 Å². The Morgan fingerprint density at radius 2 is 1.76 bits per heavy atom. The van der Waals surface area contributed by atoms with E-state index in [1.165, 1.54) is 18.2 Å². The molecule has 0 aromatic heterocycles. The molecule has 29 heavy (non-hydrogen) atoms. The number of esters is 1. The van der Waals surface area contributed by atoms with Gasteiger partial charge in [0.05, 0.1) is 21.2 Å². The molecule has 0 saturated heterocycles. The van der Waals surface area contributed by atoms with Gasteiger partial charge in [-0.05, 0) is 54.1 Å². The van der Waals surface area contributed by atoms with Gasteiger partial charge in [-0.15, -0.1) is 0 Å². The maximum Gasteiger partial charge on any atom is 0.343 e. The number of fused-ring (bicyclic) bond motifs is 1. The number of ether oxygens (including phenoxy) is 2. The molecule has 0 spiro atoms. The van der Waals surface area contributed by atoms with Gasteiger partial charge in [-0.25, -0.2) is 4.79 Å². The zero-order valence-electron chi connectivity index (χ0n) is 14.6. The van der Waals surface area contributed by atoms with Crippen molar-refractivity contribution in [2.45, 2.75) is 0 Å². The number of Topliss-reactive ketones (excluding diaryl/α,β-unsaturated/α-hetero) is 1. The lowest BCUT2D eigenvalue weighted by atomic mass is 10.1. The molecule has 144 valence electrons. The molecule has 0 N–H and O–H groups in total. The fourth-order valence-corrected chi connectivity index (χ4v) is 3.26. The third-order valence-electron chi connectivity index (χ3n) is 4.15. The summed E-state index contributed by atoms with van der Waals surface area (Å²) in [4.78, 5) is 24.8. The molecule has 3 aromatic rings. The molecule has 3 aromatic carbocycles. The number of carbonyl (C=O) groups excluding carboxylic acids is 2. The summed E-state index contributed by atoms with van der Waals surface area (Å²) in [6.07, 6.45) is 1.57. The van der Waals surface area contributed by atoms with Crippen molar-refractivity contribution < 1.29 is 19.1 Å². The largest absolute Gasteiger partial charge is 0.452 e. The van der Waals surface area contributed by atoms with E-state index in [0.717, 1.165) is 0 Å². The molecule has 0 bridgehead atoms. The van der Waals surface area contributed by atoms with Crippen molar-refractivity contribution in [1.82, 2.24) is 0 Å². The van der Waals surface area contributed by atoms with Gasteiger partial charge in [0.1, 0.15) is 11.5 Å². The fraction of sp³-hybridized carbons (Fsp3) is 0. The topological polar surface area (TPSA) is 52.6 Å². The van der Waals surface area contributed by atoms with E-state index in [1.54, 1.807) is 48.5 Å². The lowest BCUT2D eigenvalue weighted by Gasteiger charge is -2.06. The van der Waals surface area contributed by atoms with Crippen LogP contribution >= 0.6 is 34.8 Å². The quantitative estimate of drug-likeness (QED) is 0.263. The Kier molecular flexibility index (Phi) is 5.33. The van der Waals surface area contributed by atoms with E-state index >= 15 is 0 Å². The van der Waals surface area contributed by atoms with Gasteiger partial charge in [0, 0.05) is 11.1 Å². The number of rotatable bonds is 3. The van der Waals surface area contributed by atoms with Crippen molar-refractivity contribution in [1.29, 1.82) is 0 Å². The smallest absolute Gasteiger partial charge is 0.343 e. The Bertz CT molecular complexity index is 1180. The van der Waals surface area contributed by atoms with E-state index in [1.807, 2.05) is 0 Å². The van der Waals surface area contributed by atoms with E-state index in [9.17, 15) is 9.59 Å². The Morgan fingerprint density at radius 3 is 2.52 bits per heavy atom. The molecule has 0 radical (unpaired) electrons. The van der Waals surface area contributed by atoms with E-state index in [-0.39, 0.29) is 17.3 Å². The number of carbonyl (C=O) groups is 2. The minimum atomic E-state index is -0.566. The van der Waals surface area contributed by atoms with Crippen molar-refractivity contribution in [2.75, 3.05) is 0 Å². The SMILES string of the molecule is O=C(Oc1ccc2c(c1)O/C(=C\c1ccc(Cl)c(Cl)c1)C2=O)c1cccc(Cl)c1. The maximum absolute atomic E-state index is 12.6. The molecule has 1 aliphatic rings. The highest BCUT2D eigenvalue weighted by atomic mass is 35.5. The maximum atomic E-state index is 12.6. The summed E-state index contributed by atoms with van der Waals surface area (Å²) < 4.78 is 11.0. The standard InChI is InChI=1S/C22H11Cl3O4/c23-14-3-1-2-13(10-14)22(27)28-15-5-6-16-19(11-15)29-20(21(16)26)9-12-4-7-17(24)18(25)8-12/h1-11H/b20-9-. The summed E-state index contributed by atoms with van der Waals surface area (Å²) in [6.45, 7) is 0. The lowest BCUT2D eigenvalue weighted by Crippen LogP contribution is -2.08. The number of benzene rings is 3. The molecular formula is C22H11Cl3O4. The Hall–Kier alpha value is -2.79. The molecule has 0 aliphatic carbocycles. The summed E-state index contributed by atoms with van der Waals surface area (Å²) in [6, 6.07) is 16.0. The number of ketones is 1. The first kappa shape index (κ1) is 19.5. The molecule has 0 atom stereocenters. The summed E-state index contributed by atoms with van der Waals surface area (Å²) in [5.74, 6) is -0.158. The fourth-order valence-electron chi connectivity index (χ4n) is 2.77. The van der Waals surface area contributed by atoms with Crippen LogP contribution in [0.3, 0.4) is 0 Å². The molecule has 4 nitrogen and oxygen atoms in total. The number of hydrogen-bond acceptors (Lipinski definition) is 4. The lowest BCUT2D eigenvalue weighted by molar-refractivity contribution is 0.0734. The minimum absolute atomic E-state index is 0.136. The Balaban J connectivity index is 1.56. The van der Waals surface area contributed by atoms with Gasteiger partial charge in [-0.3, -0.25) is 4.79 Å². The highest BCUT2D eigenvalue weighted by molar-refractivity contribution is 6.42. The van der Waals surface area contributed by atoms with Gasteiger partial charge >= 0.3 is 5.97 Å². The second-order valence-corrected chi connectivity index (χ2v) is 7.42. The predicted molar refractivity (Wildman–Crippen MR) is 112 cm³/mol. The van der Waals surface area contributed by atoms with Crippen LogP contribution in [0.2, 0.25) is 15.1 Å². The molecule has 1 heterocycles. The van der Waals surface area contributed by atoms with Gasteiger partial charge in [0.15, 0.2) is 5.76 Å². The third-order valence-corrected chi connectivity index (χ3v) is 5.13. The summed E-state index contributed by atoms with van der Waals surface area (Å²) in [5, 5.41) is 1.22. The Morgan fingerprint density at radius 1 is 0.931 bits per heavy atom. The molecule has 7 heteroatoms. The normalized spacial score (nSPS) is 13.9. The van der Waals surface area contributed by atoms with Gasteiger partial charge in [0.2, 0.25) is 5.78 Å². The molecule has 0 fully saturated rings. The molecule has 0 saturated carbocycles. The third kappa shape index (κ3) is 4.15. The van der Waals surface area contributed by atoms with Crippen LogP contribution in [0.15, 0.2) is 66.4 Å². The van der Waals surface area contributed by atoms with Crippen molar-refractivity contribution in [3.63, 3.8) is 0 Å². The van der Waals surface area contributed by atoms with Crippen LogP contribution in [0.5, 0.6) is 11.5 Å². The first-order valence-electron chi connectivity index (χ1n) is 8.42. The zero-order chi connectivity index (χ0) is 20.5. The summed E-state index contributed by atoms with van der Waals surface area (Å²) >= 11 is 17.8. The first-order chi connectivity index (χ1) is 13.9. The second-order valence-electron chi connectivity index (χ2n) is 6.17. The van der Waals surface area contributed by atoms with Crippen LogP contribution in [0, 0.1) is 0 Å². The van der Waals surface area contributed by atoms with Gasteiger partial charge in [0.25, 0.3) is 0 Å². The predicted octanol–water partition coefficient (Wildman–Crippen LogP) is 6.48. The van der Waals surface area contributed by atoms with E-state index in [0.29, 0.717) is 37.5 Å². The van der Waals surface area contributed by atoms with E-state index < -0.39 is 5.97 Å². The van der Waals surface area contributed by atoms with Crippen molar-refractivity contribution in [3.05, 3.63) is 98.2 Å². The molecule has 0 unspecified atom stereocenters. The Labute approximate surface area is 181 Å². The monoisotopic (exact) mass is 444 g/mol. The summed E-state index contributed by atoms with van der Waals surface area (Å²) in [7, 11) is 0. The van der Waals surface area contributed by atoms with Gasteiger partial charge in [-0.1, -0.05) is 46.9 Å². The second kappa shape index (κ2) is 7.91. The minimum Gasteiger partial charge on any atom is -0.452 e. The average Bonchev–Trinajstić information content (AvgIpc) is 2.99. The van der Waals surface area contributed by atoms with Gasteiger partial charge in [-0.2, -0.15) is 0 Å². The molecule has 1 aliphatic heterocycles. The number of hydrogen-bond donors (Lipinski definition) is 0. The van der Waals surface area contributed by atoms with Crippen LogP contribution < -0.4 is 9.47 Å². The first-order valence-corrected chi connectivity index (χ1v) is 9.55. The number of allylic oxidation sites excluding steroid dienone is 1. The van der Waals surface area contributed by atoms with Crippen molar-refractivity contribution in [3.8, 4) is 11.5 Å². The highest BCUT2D eigenvalue weighted by Gasteiger charge is 2.28. The molecule has 4 rings (SSSR count). The van der Waals surface area contributed by atoms with Crippen molar-refractivity contribution in [2.24, 2.45) is 0 Å². The van der Waals surface area contributed by atoms with E-state index in [4.69, 9.17) is 44.3 Å². The van der Waals surface area contributed by atoms with Crippen molar-refractivity contribution >= 4 is 52.6 Å².